The number of hydrogen-bond acceptors (Lipinski definition) is 0. The number of halogens is 2. The molecule has 1 aliphatic rings. The molecule has 1 fully saturated rings. The van der Waals surface area contributed by atoms with E-state index in [9.17, 15) is 8.78 Å². The standard InChI is InChI=1S/C30H42F2/c1-21(2)5-6-22(3)9-16-27-19-20-28(30(32)29(27)31)26-17-14-25(15-18-26)13-12-24-10-7-23(4)8-11-24/h14-15,17-24H,5-13,16H2,1-4H3. The van der Waals surface area contributed by atoms with Gasteiger partial charge in [-0.3, -0.25) is 0 Å². The van der Waals surface area contributed by atoms with Crippen LogP contribution >= 0.6 is 0 Å². The highest BCUT2D eigenvalue weighted by molar-refractivity contribution is 5.65. The Bertz CT molecular complexity index is 829. The predicted molar refractivity (Wildman–Crippen MR) is 133 cm³/mol. The van der Waals surface area contributed by atoms with Crippen molar-refractivity contribution in [3.63, 3.8) is 0 Å². The average molecular weight is 441 g/mol. The van der Waals surface area contributed by atoms with Gasteiger partial charge in [-0.05, 0) is 66.0 Å². The number of aryl methyl sites for hydroxylation is 2. The second kappa shape index (κ2) is 12.0. The molecule has 0 radical (unpaired) electrons. The van der Waals surface area contributed by atoms with E-state index in [4.69, 9.17) is 0 Å². The molecule has 0 bridgehead atoms. The number of benzene rings is 2. The van der Waals surface area contributed by atoms with E-state index in [1.165, 1.54) is 44.1 Å². The Labute approximate surface area is 194 Å². The summed E-state index contributed by atoms with van der Waals surface area (Å²) in [6.45, 7) is 9.02. The third-order valence-electron chi connectivity index (χ3n) is 7.55. The highest BCUT2D eigenvalue weighted by atomic mass is 19.2. The molecule has 2 aromatic rings. The first-order valence-electron chi connectivity index (χ1n) is 12.9. The monoisotopic (exact) mass is 440 g/mol. The van der Waals surface area contributed by atoms with Crippen molar-refractivity contribution >= 4 is 0 Å². The lowest BCUT2D eigenvalue weighted by Crippen LogP contribution is -2.12. The van der Waals surface area contributed by atoms with Crippen molar-refractivity contribution in [3.05, 3.63) is 59.2 Å². The second-order valence-electron chi connectivity index (χ2n) is 10.9. The maximum Gasteiger partial charge on any atom is 0.166 e. The van der Waals surface area contributed by atoms with Crippen molar-refractivity contribution in [1.82, 2.24) is 0 Å². The molecule has 2 aromatic carbocycles. The molecule has 1 saturated carbocycles. The molecule has 0 aromatic heterocycles. The molecule has 3 rings (SSSR count). The van der Waals surface area contributed by atoms with Crippen LogP contribution in [0.3, 0.4) is 0 Å². The maximum absolute atomic E-state index is 14.9. The van der Waals surface area contributed by atoms with E-state index in [-0.39, 0.29) is 0 Å². The Hall–Kier alpha value is -1.70. The lowest BCUT2D eigenvalue weighted by Gasteiger charge is -2.26. The van der Waals surface area contributed by atoms with Crippen LogP contribution in [0.1, 0.15) is 90.2 Å². The molecule has 1 aliphatic carbocycles. The lowest BCUT2D eigenvalue weighted by atomic mass is 9.80. The van der Waals surface area contributed by atoms with Gasteiger partial charge in [-0.15, -0.1) is 0 Å². The molecule has 0 heterocycles. The Balaban J connectivity index is 1.57. The summed E-state index contributed by atoms with van der Waals surface area (Å²) in [7, 11) is 0. The van der Waals surface area contributed by atoms with Crippen LogP contribution in [0.5, 0.6) is 0 Å². The molecule has 2 heteroatoms. The maximum atomic E-state index is 14.9. The minimum atomic E-state index is -0.707. The number of hydrogen-bond donors (Lipinski definition) is 0. The molecule has 0 spiro atoms. The van der Waals surface area contributed by atoms with Gasteiger partial charge in [0.25, 0.3) is 0 Å². The van der Waals surface area contributed by atoms with Gasteiger partial charge in [-0.25, -0.2) is 8.78 Å². The molecule has 0 saturated heterocycles. The normalized spacial score (nSPS) is 20.0. The van der Waals surface area contributed by atoms with Crippen LogP contribution in [0.15, 0.2) is 36.4 Å². The smallest absolute Gasteiger partial charge is 0.166 e. The van der Waals surface area contributed by atoms with Crippen LogP contribution in [0, 0.1) is 35.3 Å². The van der Waals surface area contributed by atoms with E-state index in [1.807, 2.05) is 12.1 Å². The Morgan fingerprint density at radius 1 is 0.781 bits per heavy atom. The van der Waals surface area contributed by atoms with Crippen LogP contribution < -0.4 is 0 Å². The van der Waals surface area contributed by atoms with Gasteiger partial charge >= 0.3 is 0 Å². The van der Waals surface area contributed by atoms with Gasteiger partial charge in [-0.1, -0.05) is 103 Å². The molecule has 32 heavy (non-hydrogen) atoms. The second-order valence-corrected chi connectivity index (χ2v) is 10.9. The van der Waals surface area contributed by atoms with Gasteiger partial charge in [0.05, 0.1) is 0 Å². The summed E-state index contributed by atoms with van der Waals surface area (Å²) in [5, 5.41) is 0. The fraction of sp³-hybridized carbons (Fsp3) is 0.600. The molecule has 176 valence electrons. The Morgan fingerprint density at radius 2 is 1.47 bits per heavy atom. The predicted octanol–water partition coefficient (Wildman–Crippen LogP) is 9.40. The third-order valence-corrected chi connectivity index (χ3v) is 7.55. The van der Waals surface area contributed by atoms with Gasteiger partial charge < -0.3 is 0 Å². The fourth-order valence-corrected chi connectivity index (χ4v) is 5.01. The lowest BCUT2D eigenvalue weighted by molar-refractivity contribution is 0.278. The zero-order valence-electron chi connectivity index (χ0n) is 20.6. The third kappa shape index (κ3) is 7.15. The van der Waals surface area contributed by atoms with Crippen molar-refractivity contribution in [3.8, 4) is 11.1 Å². The summed E-state index contributed by atoms with van der Waals surface area (Å²) < 4.78 is 29.6. The fourth-order valence-electron chi connectivity index (χ4n) is 5.01. The van der Waals surface area contributed by atoms with Crippen molar-refractivity contribution in [2.75, 3.05) is 0 Å². The van der Waals surface area contributed by atoms with E-state index in [0.29, 0.717) is 29.4 Å². The van der Waals surface area contributed by atoms with Crippen molar-refractivity contribution in [2.24, 2.45) is 23.7 Å². The Kier molecular flexibility index (Phi) is 9.32. The van der Waals surface area contributed by atoms with Crippen LogP contribution in [0.2, 0.25) is 0 Å². The molecule has 1 atom stereocenters. The van der Waals surface area contributed by atoms with Crippen molar-refractivity contribution in [1.29, 1.82) is 0 Å². The molecular formula is C30H42F2. The summed E-state index contributed by atoms with van der Waals surface area (Å²) in [6.07, 6.45) is 11.6. The van der Waals surface area contributed by atoms with Gasteiger partial charge in [0, 0.05) is 5.56 Å². The van der Waals surface area contributed by atoms with Crippen LogP contribution in [-0.2, 0) is 12.8 Å². The molecule has 0 N–H and O–H groups in total. The molecule has 0 aliphatic heterocycles. The quantitative estimate of drug-likeness (QED) is 0.345. The zero-order valence-corrected chi connectivity index (χ0v) is 20.6. The van der Waals surface area contributed by atoms with Gasteiger partial charge in [0.1, 0.15) is 0 Å². The first kappa shape index (κ1) is 24.9. The van der Waals surface area contributed by atoms with Crippen LogP contribution in [0.25, 0.3) is 11.1 Å². The summed E-state index contributed by atoms with van der Waals surface area (Å²) in [6, 6.07) is 11.6. The van der Waals surface area contributed by atoms with E-state index in [2.05, 4.69) is 39.8 Å². The van der Waals surface area contributed by atoms with Crippen LogP contribution in [0.4, 0.5) is 8.78 Å². The number of rotatable bonds is 10. The molecule has 1 unspecified atom stereocenters. The summed E-state index contributed by atoms with van der Waals surface area (Å²) >= 11 is 0. The Morgan fingerprint density at radius 3 is 2.12 bits per heavy atom. The van der Waals surface area contributed by atoms with Gasteiger partial charge in [0.15, 0.2) is 11.6 Å². The average Bonchev–Trinajstić information content (AvgIpc) is 2.79. The topological polar surface area (TPSA) is 0 Å². The zero-order chi connectivity index (χ0) is 23.1. The first-order chi connectivity index (χ1) is 15.3. The van der Waals surface area contributed by atoms with Crippen molar-refractivity contribution < 1.29 is 8.78 Å². The minimum Gasteiger partial charge on any atom is -0.203 e. The van der Waals surface area contributed by atoms with Crippen LogP contribution in [-0.4, -0.2) is 0 Å². The minimum absolute atomic E-state index is 0.368. The van der Waals surface area contributed by atoms with E-state index in [0.717, 1.165) is 36.7 Å². The van der Waals surface area contributed by atoms with Crippen molar-refractivity contribution in [2.45, 2.75) is 91.9 Å². The first-order valence-corrected chi connectivity index (χ1v) is 12.9. The van der Waals surface area contributed by atoms with E-state index < -0.39 is 11.6 Å². The summed E-state index contributed by atoms with van der Waals surface area (Å²) in [5.41, 5.74) is 2.92. The molecule has 0 amide bonds. The largest absolute Gasteiger partial charge is 0.203 e. The molecular weight excluding hydrogens is 398 g/mol. The SMILES string of the molecule is CC(C)CCC(C)CCc1ccc(-c2ccc(CCC3CCC(C)CC3)cc2)c(F)c1F. The summed E-state index contributed by atoms with van der Waals surface area (Å²) in [5.74, 6) is 1.58. The highest BCUT2D eigenvalue weighted by Crippen LogP contribution is 2.32. The van der Waals surface area contributed by atoms with E-state index >= 15 is 0 Å². The summed E-state index contributed by atoms with van der Waals surface area (Å²) in [4.78, 5) is 0. The molecule has 0 nitrogen and oxygen atoms in total. The van der Waals surface area contributed by atoms with Gasteiger partial charge in [-0.2, -0.15) is 0 Å². The van der Waals surface area contributed by atoms with Gasteiger partial charge in [0.2, 0.25) is 0 Å². The van der Waals surface area contributed by atoms with E-state index in [1.54, 1.807) is 12.1 Å². The highest BCUT2D eigenvalue weighted by Gasteiger charge is 2.18.